The highest BCUT2D eigenvalue weighted by Crippen LogP contribution is 2.31. The molecule has 24 heavy (non-hydrogen) atoms. The summed E-state index contributed by atoms with van der Waals surface area (Å²) in [6.45, 7) is 5.55. The molecular weight excluding hydrogens is 310 g/mol. The Bertz CT molecular complexity index is 583. The zero-order chi connectivity index (χ0) is 17.4. The molecule has 1 fully saturated rings. The summed E-state index contributed by atoms with van der Waals surface area (Å²) in [6.07, 6.45) is 2.38. The van der Waals surface area contributed by atoms with Crippen molar-refractivity contribution in [3.05, 3.63) is 23.3 Å². The van der Waals surface area contributed by atoms with Gasteiger partial charge >= 0.3 is 0 Å². The van der Waals surface area contributed by atoms with Crippen molar-refractivity contribution >= 4 is 12.1 Å². The normalized spacial score (nSPS) is 15.5. The van der Waals surface area contributed by atoms with E-state index >= 15 is 0 Å². The molecule has 2 N–H and O–H groups in total. The summed E-state index contributed by atoms with van der Waals surface area (Å²) in [5.41, 5.74) is 4.36. The molecule has 132 valence electrons. The SMILES string of the molecule is CCc1c(OC)ccc(C=NNC(=O)C[NH+]2CCOCC2)c1OC. The van der Waals surface area contributed by atoms with Gasteiger partial charge < -0.3 is 19.1 Å². The molecule has 2 rings (SSSR count). The van der Waals surface area contributed by atoms with E-state index in [4.69, 9.17) is 14.2 Å². The van der Waals surface area contributed by atoms with Crippen molar-refractivity contribution in [1.82, 2.24) is 5.43 Å². The van der Waals surface area contributed by atoms with Crippen molar-refractivity contribution in [1.29, 1.82) is 0 Å². The van der Waals surface area contributed by atoms with Gasteiger partial charge in [0.2, 0.25) is 0 Å². The summed E-state index contributed by atoms with van der Waals surface area (Å²) in [5.74, 6) is 1.39. The molecule has 0 unspecified atom stereocenters. The predicted molar refractivity (Wildman–Crippen MR) is 91.0 cm³/mol. The van der Waals surface area contributed by atoms with E-state index in [0.29, 0.717) is 25.5 Å². The highest BCUT2D eigenvalue weighted by Gasteiger charge is 2.17. The van der Waals surface area contributed by atoms with Crippen LogP contribution in [-0.2, 0) is 16.0 Å². The quantitative estimate of drug-likeness (QED) is 0.526. The van der Waals surface area contributed by atoms with Gasteiger partial charge in [0.15, 0.2) is 6.54 Å². The Hall–Kier alpha value is -2.12. The molecule has 1 aliphatic rings. The van der Waals surface area contributed by atoms with Crippen LogP contribution in [0, 0.1) is 0 Å². The maximum absolute atomic E-state index is 11.9. The van der Waals surface area contributed by atoms with Crippen molar-refractivity contribution in [3.8, 4) is 11.5 Å². The van der Waals surface area contributed by atoms with Crippen molar-refractivity contribution in [2.24, 2.45) is 5.10 Å². The zero-order valence-corrected chi connectivity index (χ0v) is 14.6. The molecule has 1 aliphatic heterocycles. The Morgan fingerprint density at radius 2 is 2.08 bits per heavy atom. The van der Waals surface area contributed by atoms with E-state index in [1.165, 1.54) is 4.90 Å². The highest BCUT2D eigenvalue weighted by molar-refractivity contribution is 5.86. The third kappa shape index (κ3) is 4.69. The maximum atomic E-state index is 11.9. The van der Waals surface area contributed by atoms with Gasteiger partial charge in [0, 0.05) is 11.1 Å². The Morgan fingerprint density at radius 1 is 1.33 bits per heavy atom. The first-order chi connectivity index (χ1) is 11.7. The second-order valence-electron chi connectivity index (χ2n) is 5.55. The fraction of sp³-hybridized carbons (Fsp3) is 0.529. The minimum atomic E-state index is -0.105. The van der Waals surface area contributed by atoms with Crippen molar-refractivity contribution < 1.29 is 23.9 Å². The van der Waals surface area contributed by atoms with Gasteiger partial charge in [-0.05, 0) is 18.6 Å². The van der Waals surface area contributed by atoms with Gasteiger partial charge in [-0.25, -0.2) is 5.43 Å². The number of benzene rings is 1. The van der Waals surface area contributed by atoms with Crippen molar-refractivity contribution in [2.45, 2.75) is 13.3 Å². The molecule has 0 atom stereocenters. The van der Waals surface area contributed by atoms with Crippen LogP contribution in [0.25, 0.3) is 0 Å². The lowest BCUT2D eigenvalue weighted by Crippen LogP contribution is -3.15. The molecule has 0 aromatic heterocycles. The Balaban J connectivity index is 1.99. The molecule has 0 spiro atoms. The number of ether oxygens (including phenoxy) is 3. The van der Waals surface area contributed by atoms with E-state index in [-0.39, 0.29) is 5.91 Å². The largest absolute Gasteiger partial charge is 0.496 e. The molecule has 0 aliphatic carbocycles. The number of quaternary nitrogens is 1. The molecule has 7 heteroatoms. The third-order valence-corrected chi connectivity index (χ3v) is 4.03. The monoisotopic (exact) mass is 336 g/mol. The molecule has 1 saturated heterocycles. The van der Waals surface area contributed by atoms with E-state index in [1.807, 2.05) is 19.1 Å². The second-order valence-corrected chi connectivity index (χ2v) is 5.55. The fourth-order valence-corrected chi connectivity index (χ4v) is 2.77. The van der Waals surface area contributed by atoms with Crippen LogP contribution in [0.15, 0.2) is 17.2 Å². The average molecular weight is 336 g/mol. The van der Waals surface area contributed by atoms with E-state index < -0.39 is 0 Å². The zero-order valence-electron chi connectivity index (χ0n) is 14.6. The van der Waals surface area contributed by atoms with Crippen molar-refractivity contribution in [2.75, 3.05) is 47.1 Å². The fourth-order valence-electron chi connectivity index (χ4n) is 2.77. The molecule has 0 radical (unpaired) electrons. The van der Waals surface area contributed by atoms with Gasteiger partial charge in [0.05, 0.1) is 33.6 Å². The number of carbonyl (C=O) groups is 1. The summed E-state index contributed by atoms with van der Waals surface area (Å²) >= 11 is 0. The number of hydrazone groups is 1. The van der Waals surface area contributed by atoms with Crippen LogP contribution in [-0.4, -0.2) is 59.2 Å². The minimum absolute atomic E-state index is 0.105. The number of methoxy groups -OCH3 is 2. The number of nitrogens with zero attached hydrogens (tertiary/aromatic N) is 1. The minimum Gasteiger partial charge on any atom is -0.496 e. The lowest BCUT2D eigenvalue weighted by atomic mass is 10.1. The Morgan fingerprint density at radius 3 is 2.71 bits per heavy atom. The number of amides is 1. The predicted octanol–water partition coefficient (Wildman–Crippen LogP) is -0.369. The molecule has 1 aromatic rings. The molecule has 1 amide bonds. The number of hydrogen-bond donors (Lipinski definition) is 2. The second kappa shape index (κ2) is 9.24. The highest BCUT2D eigenvalue weighted by atomic mass is 16.5. The molecule has 7 nitrogen and oxygen atoms in total. The third-order valence-electron chi connectivity index (χ3n) is 4.03. The first kappa shape index (κ1) is 18.2. The van der Waals surface area contributed by atoms with E-state index in [2.05, 4.69) is 10.5 Å². The first-order valence-electron chi connectivity index (χ1n) is 8.16. The molecule has 1 aromatic carbocycles. The molecule has 0 bridgehead atoms. The summed E-state index contributed by atoms with van der Waals surface area (Å²) in [7, 11) is 3.25. The van der Waals surface area contributed by atoms with Gasteiger partial charge in [0.1, 0.15) is 24.6 Å². The van der Waals surface area contributed by atoms with Crippen LogP contribution in [0.2, 0.25) is 0 Å². The number of nitrogens with one attached hydrogen (secondary N) is 2. The standard InChI is InChI=1S/C17H25N3O4/c1-4-14-15(22-2)6-5-13(17(14)23-3)11-18-19-16(21)12-20-7-9-24-10-8-20/h5-6,11H,4,7-10,12H2,1-3H3,(H,19,21)/p+1. The first-order valence-corrected chi connectivity index (χ1v) is 8.16. The molecular formula is C17H26N3O4+. The Labute approximate surface area is 142 Å². The lowest BCUT2D eigenvalue weighted by molar-refractivity contribution is -0.900. The molecule has 0 saturated carbocycles. The van der Waals surface area contributed by atoms with E-state index in [1.54, 1.807) is 20.4 Å². The number of morpholine rings is 1. The topological polar surface area (TPSA) is 73.6 Å². The summed E-state index contributed by atoms with van der Waals surface area (Å²) < 4.78 is 16.1. The number of rotatable bonds is 7. The van der Waals surface area contributed by atoms with E-state index in [0.717, 1.165) is 36.4 Å². The van der Waals surface area contributed by atoms with Gasteiger partial charge in [-0.1, -0.05) is 6.92 Å². The van der Waals surface area contributed by atoms with Gasteiger partial charge in [-0.2, -0.15) is 5.10 Å². The number of hydrogen-bond acceptors (Lipinski definition) is 5. The Kier molecular flexibility index (Phi) is 7.02. The van der Waals surface area contributed by atoms with Crippen LogP contribution in [0.5, 0.6) is 11.5 Å². The molecule has 1 heterocycles. The van der Waals surface area contributed by atoms with Crippen LogP contribution >= 0.6 is 0 Å². The van der Waals surface area contributed by atoms with Crippen molar-refractivity contribution in [3.63, 3.8) is 0 Å². The van der Waals surface area contributed by atoms with Gasteiger partial charge in [-0.15, -0.1) is 0 Å². The summed E-state index contributed by atoms with van der Waals surface area (Å²) in [6, 6.07) is 3.74. The van der Waals surface area contributed by atoms with Crippen LogP contribution in [0.4, 0.5) is 0 Å². The smallest absolute Gasteiger partial charge is 0.295 e. The lowest BCUT2D eigenvalue weighted by Gasteiger charge is -2.22. The average Bonchev–Trinajstić information content (AvgIpc) is 2.61. The maximum Gasteiger partial charge on any atom is 0.295 e. The van der Waals surface area contributed by atoms with Crippen LogP contribution in [0.3, 0.4) is 0 Å². The van der Waals surface area contributed by atoms with E-state index in [9.17, 15) is 4.79 Å². The summed E-state index contributed by atoms with van der Waals surface area (Å²) in [5, 5.41) is 4.06. The summed E-state index contributed by atoms with van der Waals surface area (Å²) in [4.78, 5) is 13.2. The number of carbonyl (C=O) groups excluding carboxylic acids is 1. The van der Waals surface area contributed by atoms with Crippen LogP contribution in [0.1, 0.15) is 18.1 Å². The van der Waals surface area contributed by atoms with Crippen LogP contribution < -0.4 is 19.8 Å². The van der Waals surface area contributed by atoms with Gasteiger partial charge in [0.25, 0.3) is 5.91 Å². The van der Waals surface area contributed by atoms with Gasteiger partial charge in [-0.3, -0.25) is 4.79 Å².